The number of hydrogen-bond acceptors (Lipinski definition) is 2. The summed E-state index contributed by atoms with van der Waals surface area (Å²) in [6.07, 6.45) is 6.51. The van der Waals surface area contributed by atoms with Gasteiger partial charge in [-0.2, -0.15) is 0 Å². The highest BCUT2D eigenvalue weighted by Gasteiger charge is 2.38. The molecule has 1 heterocycles. The molecule has 1 unspecified atom stereocenters. The SMILES string of the molecule is CC1(C(O)c2cccc3c2OCCC3)CCCC1. The molecule has 2 heteroatoms. The van der Waals surface area contributed by atoms with Gasteiger partial charge in [-0.05, 0) is 36.7 Å². The Hall–Kier alpha value is -1.02. The Morgan fingerprint density at radius 2 is 2.00 bits per heavy atom. The maximum Gasteiger partial charge on any atom is 0.128 e. The molecule has 0 spiro atoms. The minimum Gasteiger partial charge on any atom is -0.493 e. The van der Waals surface area contributed by atoms with Crippen LogP contribution in [0.1, 0.15) is 56.3 Å². The molecular weight excluding hydrogens is 224 g/mol. The van der Waals surface area contributed by atoms with Gasteiger partial charge in [0.2, 0.25) is 0 Å². The number of hydrogen-bond donors (Lipinski definition) is 1. The first kappa shape index (κ1) is 12.0. The summed E-state index contributed by atoms with van der Waals surface area (Å²) in [6, 6.07) is 6.23. The van der Waals surface area contributed by atoms with Crippen LogP contribution in [-0.2, 0) is 6.42 Å². The molecule has 1 aromatic carbocycles. The molecule has 0 amide bonds. The molecule has 2 aliphatic rings. The molecule has 1 atom stereocenters. The van der Waals surface area contributed by atoms with Crippen LogP contribution in [0.2, 0.25) is 0 Å². The minimum absolute atomic E-state index is 0.0376. The second-order valence-electron chi connectivity index (χ2n) is 6.05. The van der Waals surface area contributed by atoms with E-state index in [0.717, 1.165) is 43.6 Å². The molecule has 1 fully saturated rings. The average Bonchev–Trinajstić information content (AvgIpc) is 2.85. The van der Waals surface area contributed by atoms with Gasteiger partial charge in [-0.15, -0.1) is 0 Å². The molecule has 98 valence electrons. The summed E-state index contributed by atoms with van der Waals surface area (Å²) in [6.45, 7) is 3.00. The van der Waals surface area contributed by atoms with Crippen LogP contribution in [0.25, 0.3) is 0 Å². The smallest absolute Gasteiger partial charge is 0.128 e. The van der Waals surface area contributed by atoms with Crippen molar-refractivity contribution in [3.8, 4) is 5.75 Å². The van der Waals surface area contributed by atoms with Gasteiger partial charge < -0.3 is 9.84 Å². The van der Waals surface area contributed by atoms with Gasteiger partial charge in [0.15, 0.2) is 0 Å². The number of aliphatic hydroxyl groups excluding tert-OH is 1. The van der Waals surface area contributed by atoms with Crippen molar-refractivity contribution in [2.24, 2.45) is 5.41 Å². The summed E-state index contributed by atoms with van der Waals surface area (Å²) >= 11 is 0. The first-order valence-electron chi connectivity index (χ1n) is 7.13. The number of para-hydroxylation sites is 1. The van der Waals surface area contributed by atoms with Crippen LogP contribution < -0.4 is 4.74 Å². The summed E-state index contributed by atoms with van der Waals surface area (Å²) < 4.78 is 5.82. The molecule has 0 radical (unpaired) electrons. The molecule has 0 aromatic heterocycles. The summed E-state index contributed by atoms with van der Waals surface area (Å²) in [5, 5.41) is 10.8. The van der Waals surface area contributed by atoms with E-state index in [1.54, 1.807) is 0 Å². The largest absolute Gasteiger partial charge is 0.493 e. The lowest BCUT2D eigenvalue weighted by Crippen LogP contribution is -2.23. The van der Waals surface area contributed by atoms with Crippen molar-refractivity contribution in [2.75, 3.05) is 6.61 Å². The molecule has 3 rings (SSSR count). The predicted molar refractivity (Wildman–Crippen MR) is 71.8 cm³/mol. The number of fused-ring (bicyclic) bond motifs is 1. The molecule has 1 saturated carbocycles. The van der Waals surface area contributed by atoms with E-state index >= 15 is 0 Å². The van der Waals surface area contributed by atoms with Gasteiger partial charge in [0, 0.05) is 5.56 Å². The van der Waals surface area contributed by atoms with E-state index in [0.29, 0.717) is 0 Å². The van der Waals surface area contributed by atoms with Crippen LogP contribution in [0, 0.1) is 5.41 Å². The molecular formula is C16H22O2. The van der Waals surface area contributed by atoms with Gasteiger partial charge in [-0.25, -0.2) is 0 Å². The van der Waals surface area contributed by atoms with Crippen LogP contribution in [0.4, 0.5) is 0 Å². The van der Waals surface area contributed by atoms with Crippen LogP contribution in [-0.4, -0.2) is 11.7 Å². The highest BCUT2D eigenvalue weighted by Crippen LogP contribution is 2.49. The van der Waals surface area contributed by atoms with E-state index in [2.05, 4.69) is 19.1 Å². The molecule has 1 N–H and O–H groups in total. The lowest BCUT2D eigenvalue weighted by atomic mass is 9.78. The molecule has 1 aliphatic heterocycles. The van der Waals surface area contributed by atoms with E-state index in [9.17, 15) is 5.11 Å². The summed E-state index contributed by atoms with van der Waals surface area (Å²) in [5.41, 5.74) is 2.31. The number of rotatable bonds is 2. The second-order valence-corrected chi connectivity index (χ2v) is 6.05. The van der Waals surface area contributed by atoms with E-state index in [-0.39, 0.29) is 11.5 Å². The summed E-state index contributed by atoms with van der Waals surface area (Å²) in [7, 11) is 0. The van der Waals surface area contributed by atoms with Crippen molar-refractivity contribution in [1.82, 2.24) is 0 Å². The van der Waals surface area contributed by atoms with Gasteiger partial charge in [-0.3, -0.25) is 0 Å². The van der Waals surface area contributed by atoms with Crippen molar-refractivity contribution >= 4 is 0 Å². The zero-order chi connectivity index (χ0) is 12.6. The monoisotopic (exact) mass is 246 g/mol. The van der Waals surface area contributed by atoms with Gasteiger partial charge in [0.05, 0.1) is 12.7 Å². The Balaban J connectivity index is 1.96. The van der Waals surface area contributed by atoms with E-state index < -0.39 is 0 Å². The standard InChI is InChI=1S/C16H22O2/c1-16(9-2-3-10-16)15(17)13-8-4-6-12-7-5-11-18-14(12)13/h4,6,8,15,17H,2-3,5,7,9-11H2,1H3. The Bertz CT molecular complexity index is 433. The molecule has 0 saturated heterocycles. The zero-order valence-electron chi connectivity index (χ0n) is 11.1. The molecule has 0 bridgehead atoms. The van der Waals surface area contributed by atoms with Crippen LogP contribution in [0.5, 0.6) is 5.75 Å². The molecule has 18 heavy (non-hydrogen) atoms. The molecule has 1 aliphatic carbocycles. The van der Waals surface area contributed by atoms with Crippen molar-refractivity contribution < 1.29 is 9.84 Å². The van der Waals surface area contributed by atoms with Crippen LogP contribution in [0.15, 0.2) is 18.2 Å². The Kier molecular flexibility index (Phi) is 3.06. The first-order valence-corrected chi connectivity index (χ1v) is 7.13. The quantitative estimate of drug-likeness (QED) is 0.863. The van der Waals surface area contributed by atoms with Crippen LogP contribution >= 0.6 is 0 Å². The maximum atomic E-state index is 10.8. The summed E-state index contributed by atoms with van der Waals surface area (Å²) in [5.74, 6) is 0.962. The Morgan fingerprint density at radius 3 is 2.78 bits per heavy atom. The molecule has 2 nitrogen and oxygen atoms in total. The summed E-state index contributed by atoms with van der Waals surface area (Å²) in [4.78, 5) is 0. The average molecular weight is 246 g/mol. The number of ether oxygens (including phenoxy) is 1. The third-order valence-electron chi connectivity index (χ3n) is 4.66. The second kappa shape index (κ2) is 4.58. The fourth-order valence-electron chi connectivity index (χ4n) is 3.46. The van der Waals surface area contributed by atoms with Crippen molar-refractivity contribution in [1.29, 1.82) is 0 Å². The normalized spacial score (nSPS) is 23.2. The van der Waals surface area contributed by atoms with E-state index in [1.165, 1.54) is 18.4 Å². The Morgan fingerprint density at radius 1 is 1.22 bits per heavy atom. The van der Waals surface area contributed by atoms with E-state index in [4.69, 9.17) is 4.74 Å². The first-order chi connectivity index (χ1) is 8.71. The van der Waals surface area contributed by atoms with Crippen molar-refractivity contribution in [2.45, 2.75) is 51.6 Å². The number of aryl methyl sites for hydroxylation is 1. The lowest BCUT2D eigenvalue weighted by molar-refractivity contribution is 0.0379. The molecule has 1 aromatic rings. The van der Waals surface area contributed by atoms with Crippen LogP contribution in [0.3, 0.4) is 0 Å². The number of aliphatic hydroxyl groups is 1. The lowest BCUT2D eigenvalue weighted by Gasteiger charge is -2.32. The fourth-order valence-corrected chi connectivity index (χ4v) is 3.46. The fraction of sp³-hybridized carbons (Fsp3) is 0.625. The van der Waals surface area contributed by atoms with Gasteiger partial charge in [0.1, 0.15) is 5.75 Å². The maximum absolute atomic E-state index is 10.8. The number of benzene rings is 1. The van der Waals surface area contributed by atoms with E-state index in [1.807, 2.05) is 6.07 Å². The van der Waals surface area contributed by atoms with Crippen molar-refractivity contribution in [3.63, 3.8) is 0 Å². The van der Waals surface area contributed by atoms with Gasteiger partial charge >= 0.3 is 0 Å². The van der Waals surface area contributed by atoms with Crippen molar-refractivity contribution in [3.05, 3.63) is 29.3 Å². The minimum atomic E-state index is -0.381. The Labute approximate surface area is 109 Å². The topological polar surface area (TPSA) is 29.5 Å². The van der Waals surface area contributed by atoms with Gasteiger partial charge in [-0.1, -0.05) is 38.0 Å². The zero-order valence-corrected chi connectivity index (χ0v) is 11.1. The predicted octanol–water partition coefficient (Wildman–Crippen LogP) is 3.63. The third-order valence-corrected chi connectivity index (χ3v) is 4.66. The third kappa shape index (κ3) is 1.93. The van der Waals surface area contributed by atoms with Gasteiger partial charge in [0.25, 0.3) is 0 Å². The highest BCUT2D eigenvalue weighted by atomic mass is 16.5. The highest BCUT2D eigenvalue weighted by molar-refractivity contribution is 5.44.